The Kier molecular flexibility index (Phi) is 5.67. The van der Waals surface area contributed by atoms with E-state index in [2.05, 4.69) is 0 Å². The molecule has 1 aromatic rings. The van der Waals surface area contributed by atoms with Crippen LogP contribution in [0.3, 0.4) is 0 Å². The summed E-state index contributed by atoms with van der Waals surface area (Å²) in [5, 5.41) is 19.7. The maximum atomic E-state index is 12.6. The van der Waals surface area contributed by atoms with Crippen molar-refractivity contribution in [2.45, 2.75) is 76.7 Å². The van der Waals surface area contributed by atoms with E-state index in [0.717, 1.165) is 62.5 Å². The highest BCUT2D eigenvalue weighted by atomic mass is 16.3. The van der Waals surface area contributed by atoms with Crippen molar-refractivity contribution in [2.75, 3.05) is 5.73 Å². The number of nitrogen functional groups attached to an aromatic ring is 1. The van der Waals surface area contributed by atoms with Crippen molar-refractivity contribution in [3.05, 3.63) is 23.3 Å². The molecule has 0 aliphatic heterocycles. The minimum atomic E-state index is -0.154. The van der Waals surface area contributed by atoms with Crippen LogP contribution in [0.25, 0.3) is 0 Å². The van der Waals surface area contributed by atoms with Gasteiger partial charge in [-0.15, -0.1) is 0 Å². The normalized spacial score (nSPS) is 30.2. The van der Waals surface area contributed by atoms with E-state index in [9.17, 15) is 15.0 Å². The van der Waals surface area contributed by atoms with Crippen LogP contribution in [0.1, 0.15) is 74.8 Å². The summed E-state index contributed by atoms with van der Waals surface area (Å²) >= 11 is 0. The molecule has 4 nitrogen and oxygen atoms in total. The predicted molar refractivity (Wildman–Crippen MR) is 99.5 cm³/mol. The first-order valence-electron chi connectivity index (χ1n) is 9.74. The van der Waals surface area contributed by atoms with Crippen molar-refractivity contribution in [3.63, 3.8) is 0 Å². The Morgan fingerprint density at radius 1 is 1.08 bits per heavy atom. The highest BCUT2D eigenvalue weighted by Gasteiger charge is 2.30. The molecule has 0 atom stereocenters. The Hall–Kier alpha value is -1.55. The summed E-state index contributed by atoms with van der Waals surface area (Å²) in [5.74, 6) is 1.62. The number of carbonyl (C=O) groups is 1. The van der Waals surface area contributed by atoms with Crippen LogP contribution in [0.15, 0.2) is 12.1 Å². The second kappa shape index (κ2) is 7.77. The largest absolute Gasteiger partial charge is 0.506 e. The standard InChI is InChI=1S/C21H31NO3/c1-13-2-11-18(20(22)21(13)25)15-5-7-16(8-6-15)19(24)12-14-3-9-17(23)10-4-14/h2,11,14-17,23,25H,3-10,12,22H2,1H3. The lowest BCUT2D eigenvalue weighted by atomic mass is 9.74. The monoisotopic (exact) mass is 345 g/mol. The van der Waals surface area contributed by atoms with E-state index in [0.29, 0.717) is 29.7 Å². The molecule has 0 spiro atoms. The first-order valence-corrected chi connectivity index (χ1v) is 9.74. The van der Waals surface area contributed by atoms with Gasteiger partial charge in [-0.05, 0) is 81.3 Å². The first kappa shape index (κ1) is 18.2. The summed E-state index contributed by atoms with van der Waals surface area (Å²) in [4.78, 5) is 12.6. The molecule has 138 valence electrons. The molecule has 3 rings (SSSR count). The number of rotatable bonds is 4. The lowest BCUT2D eigenvalue weighted by molar-refractivity contribution is -0.125. The summed E-state index contributed by atoms with van der Waals surface area (Å²) in [6.45, 7) is 1.86. The van der Waals surface area contributed by atoms with Gasteiger partial charge in [0.05, 0.1) is 11.8 Å². The van der Waals surface area contributed by atoms with Crippen LogP contribution in [0, 0.1) is 18.8 Å². The van der Waals surface area contributed by atoms with Crippen molar-refractivity contribution < 1.29 is 15.0 Å². The Balaban J connectivity index is 1.53. The fourth-order valence-electron chi connectivity index (χ4n) is 4.62. The van der Waals surface area contributed by atoms with Gasteiger partial charge >= 0.3 is 0 Å². The number of benzene rings is 1. The summed E-state index contributed by atoms with van der Waals surface area (Å²) in [7, 11) is 0. The molecule has 0 saturated heterocycles. The maximum Gasteiger partial charge on any atom is 0.141 e. The van der Waals surface area contributed by atoms with Gasteiger partial charge in [0, 0.05) is 12.3 Å². The van der Waals surface area contributed by atoms with Gasteiger partial charge in [-0.25, -0.2) is 0 Å². The van der Waals surface area contributed by atoms with Gasteiger partial charge in [-0.3, -0.25) is 4.79 Å². The lowest BCUT2D eigenvalue weighted by Crippen LogP contribution is -2.26. The zero-order valence-corrected chi connectivity index (χ0v) is 15.2. The third kappa shape index (κ3) is 4.17. The van der Waals surface area contributed by atoms with E-state index < -0.39 is 0 Å². The predicted octanol–water partition coefficient (Wildman–Crippen LogP) is 4.07. The molecule has 0 unspecified atom stereocenters. The number of Topliss-reactive ketones (excluding diaryl/α,β-unsaturated/α-hetero) is 1. The molecule has 2 aliphatic rings. The van der Waals surface area contributed by atoms with Gasteiger partial charge in [0.15, 0.2) is 0 Å². The SMILES string of the molecule is Cc1ccc(C2CCC(C(=O)CC3CCC(O)CC3)CC2)c(N)c1O. The molecule has 0 radical (unpaired) electrons. The Morgan fingerprint density at radius 2 is 1.72 bits per heavy atom. The summed E-state index contributed by atoms with van der Waals surface area (Å²) < 4.78 is 0. The minimum absolute atomic E-state index is 0.154. The van der Waals surface area contributed by atoms with Crippen LogP contribution in [0.2, 0.25) is 0 Å². The van der Waals surface area contributed by atoms with Gasteiger partial charge < -0.3 is 15.9 Å². The lowest BCUT2D eigenvalue weighted by Gasteiger charge is -2.31. The van der Waals surface area contributed by atoms with Gasteiger partial charge in [0.2, 0.25) is 0 Å². The van der Waals surface area contributed by atoms with Gasteiger partial charge in [0.25, 0.3) is 0 Å². The number of phenols is 1. The third-order valence-electron chi connectivity index (χ3n) is 6.38. The molecule has 1 aromatic carbocycles. The number of ketones is 1. The van der Waals surface area contributed by atoms with E-state index in [1.807, 2.05) is 19.1 Å². The van der Waals surface area contributed by atoms with Crippen molar-refractivity contribution in [1.82, 2.24) is 0 Å². The van der Waals surface area contributed by atoms with E-state index in [1.54, 1.807) is 0 Å². The number of aliphatic hydroxyl groups is 1. The summed E-state index contributed by atoms with van der Waals surface area (Å²) in [6, 6.07) is 3.96. The molecule has 0 heterocycles. The fourth-order valence-corrected chi connectivity index (χ4v) is 4.62. The number of phenolic OH excluding ortho intramolecular Hbond substituents is 1. The molecule has 4 heteroatoms. The zero-order chi connectivity index (χ0) is 18.0. The topological polar surface area (TPSA) is 83.5 Å². The number of nitrogens with two attached hydrogens (primary N) is 1. The molecule has 2 saturated carbocycles. The van der Waals surface area contributed by atoms with Crippen molar-refractivity contribution in [3.8, 4) is 5.75 Å². The third-order valence-corrected chi connectivity index (χ3v) is 6.38. The highest BCUT2D eigenvalue weighted by molar-refractivity contribution is 5.81. The number of hydrogen-bond acceptors (Lipinski definition) is 4. The average molecular weight is 345 g/mol. The van der Waals surface area contributed by atoms with E-state index in [-0.39, 0.29) is 17.8 Å². The number of aryl methyl sites for hydroxylation is 1. The zero-order valence-electron chi connectivity index (χ0n) is 15.2. The molecule has 0 aromatic heterocycles. The van der Waals surface area contributed by atoms with Crippen molar-refractivity contribution >= 4 is 11.5 Å². The Labute approximate surface area is 150 Å². The van der Waals surface area contributed by atoms with Gasteiger partial charge in [-0.1, -0.05) is 12.1 Å². The fraction of sp³-hybridized carbons (Fsp3) is 0.667. The molecule has 2 aliphatic carbocycles. The molecule has 2 fully saturated rings. The smallest absolute Gasteiger partial charge is 0.141 e. The Bertz CT molecular complexity index is 612. The number of aromatic hydroxyl groups is 1. The van der Waals surface area contributed by atoms with Crippen LogP contribution in [0.5, 0.6) is 5.75 Å². The molecular weight excluding hydrogens is 314 g/mol. The van der Waals surface area contributed by atoms with Crippen LogP contribution in [-0.2, 0) is 4.79 Å². The summed E-state index contributed by atoms with van der Waals surface area (Å²) in [5.41, 5.74) is 8.46. The highest BCUT2D eigenvalue weighted by Crippen LogP contribution is 2.42. The molecule has 25 heavy (non-hydrogen) atoms. The molecule has 0 amide bonds. The second-order valence-corrected chi connectivity index (χ2v) is 8.13. The number of hydrogen-bond donors (Lipinski definition) is 3. The maximum absolute atomic E-state index is 12.6. The van der Waals surface area contributed by atoms with E-state index in [1.165, 1.54) is 0 Å². The van der Waals surface area contributed by atoms with Crippen LogP contribution in [0.4, 0.5) is 5.69 Å². The minimum Gasteiger partial charge on any atom is -0.506 e. The quantitative estimate of drug-likeness (QED) is 0.567. The van der Waals surface area contributed by atoms with Crippen molar-refractivity contribution in [1.29, 1.82) is 0 Å². The van der Waals surface area contributed by atoms with Crippen LogP contribution >= 0.6 is 0 Å². The number of anilines is 1. The summed E-state index contributed by atoms with van der Waals surface area (Å²) in [6.07, 6.45) is 7.98. The second-order valence-electron chi connectivity index (χ2n) is 8.13. The number of carbonyl (C=O) groups excluding carboxylic acids is 1. The average Bonchev–Trinajstić information content (AvgIpc) is 2.62. The molecule has 4 N–H and O–H groups in total. The van der Waals surface area contributed by atoms with Crippen LogP contribution < -0.4 is 5.73 Å². The molecule has 0 bridgehead atoms. The van der Waals surface area contributed by atoms with Crippen molar-refractivity contribution in [2.24, 2.45) is 11.8 Å². The van der Waals surface area contributed by atoms with E-state index >= 15 is 0 Å². The van der Waals surface area contributed by atoms with Crippen LogP contribution in [-0.4, -0.2) is 22.1 Å². The van der Waals surface area contributed by atoms with Gasteiger partial charge in [0.1, 0.15) is 11.5 Å². The molecular formula is C21H31NO3. The van der Waals surface area contributed by atoms with Gasteiger partial charge in [-0.2, -0.15) is 0 Å². The Morgan fingerprint density at radius 3 is 2.36 bits per heavy atom. The number of aliphatic hydroxyl groups excluding tert-OH is 1. The first-order chi connectivity index (χ1) is 12.0. The van der Waals surface area contributed by atoms with E-state index in [4.69, 9.17) is 5.73 Å².